The Balaban J connectivity index is 1.50. The minimum atomic E-state index is -3.61. The van der Waals surface area contributed by atoms with Crippen LogP contribution in [0.5, 0.6) is 0 Å². The number of nitrogens with zero attached hydrogens (tertiary/aromatic N) is 3. The summed E-state index contributed by atoms with van der Waals surface area (Å²) in [6, 6.07) is 12.3. The highest BCUT2D eigenvalue weighted by atomic mass is 32.2. The minimum Gasteiger partial charge on any atom is -0.362 e. The van der Waals surface area contributed by atoms with Crippen LogP contribution < -0.4 is 9.80 Å². The Morgan fingerprint density at radius 2 is 1.60 bits per heavy atom. The predicted octanol–water partition coefficient (Wildman–Crippen LogP) is 5.35. The lowest BCUT2D eigenvalue weighted by Gasteiger charge is -2.42. The Hall–Kier alpha value is -2.75. The number of sulfonamides is 1. The number of amides is 2. The fourth-order valence-electron chi connectivity index (χ4n) is 6.62. The number of ether oxygens (including phenoxy) is 1. The van der Waals surface area contributed by atoms with E-state index in [0.29, 0.717) is 24.3 Å². The van der Waals surface area contributed by atoms with Crippen molar-refractivity contribution in [2.75, 3.05) is 30.4 Å². The summed E-state index contributed by atoms with van der Waals surface area (Å²) in [4.78, 5) is 30.5. The van der Waals surface area contributed by atoms with Crippen LogP contribution in [0.15, 0.2) is 47.4 Å². The van der Waals surface area contributed by atoms with Crippen molar-refractivity contribution in [3.63, 3.8) is 0 Å². The first-order valence-corrected chi connectivity index (χ1v) is 15.9. The fraction of sp³-hybridized carbons (Fsp3) is 0.548. The van der Waals surface area contributed by atoms with E-state index >= 15 is 0 Å². The summed E-state index contributed by atoms with van der Waals surface area (Å²) in [6.07, 6.45) is 9.15. The Morgan fingerprint density at radius 3 is 2.27 bits per heavy atom. The number of fused-ring (bicyclic) bond motifs is 1. The standard InChI is InChI=1S/C31H41N3O5S/c1-22-21-33(30(36)29-15-18-31(39-29)16-8-6-5-7-9-17-31)28-20-25(13-14-27(28)34(22)23(2)35)24-11-10-12-26(19-24)40(37,38)32(3)4/h10-14,19-20,22,29H,5-9,15-18,21H2,1-4H3/t22-,29?/m0/s1. The summed E-state index contributed by atoms with van der Waals surface area (Å²) in [6.45, 7) is 3.87. The predicted molar refractivity (Wildman–Crippen MR) is 157 cm³/mol. The van der Waals surface area contributed by atoms with Crippen LogP contribution in [0.4, 0.5) is 11.4 Å². The van der Waals surface area contributed by atoms with Crippen molar-refractivity contribution >= 4 is 33.2 Å². The average molecular weight is 568 g/mol. The van der Waals surface area contributed by atoms with Crippen molar-refractivity contribution in [2.24, 2.45) is 0 Å². The topological polar surface area (TPSA) is 87.2 Å². The number of hydrogen-bond donors (Lipinski definition) is 0. The first-order chi connectivity index (χ1) is 19.0. The van der Waals surface area contributed by atoms with Crippen LogP contribution in [0, 0.1) is 0 Å². The van der Waals surface area contributed by atoms with Crippen LogP contribution in [-0.2, 0) is 24.3 Å². The number of anilines is 2. The van der Waals surface area contributed by atoms with E-state index in [1.165, 1.54) is 37.7 Å². The maximum Gasteiger partial charge on any atom is 0.256 e. The van der Waals surface area contributed by atoms with Gasteiger partial charge in [0.05, 0.1) is 27.9 Å². The molecule has 3 aliphatic rings. The van der Waals surface area contributed by atoms with Crippen molar-refractivity contribution < 1.29 is 22.7 Å². The van der Waals surface area contributed by atoms with Gasteiger partial charge in [-0.05, 0) is 68.0 Å². The third kappa shape index (κ3) is 5.43. The van der Waals surface area contributed by atoms with Crippen molar-refractivity contribution in [3.8, 4) is 11.1 Å². The van der Waals surface area contributed by atoms with Crippen molar-refractivity contribution in [3.05, 3.63) is 42.5 Å². The molecule has 9 heteroatoms. The molecule has 2 aromatic carbocycles. The van der Waals surface area contributed by atoms with E-state index in [4.69, 9.17) is 4.74 Å². The summed E-state index contributed by atoms with van der Waals surface area (Å²) < 4.78 is 33.4. The zero-order valence-corrected chi connectivity index (χ0v) is 24.9. The van der Waals surface area contributed by atoms with Crippen LogP contribution in [0.3, 0.4) is 0 Å². The number of carbonyl (C=O) groups is 2. The van der Waals surface area contributed by atoms with E-state index in [0.717, 1.165) is 43.2 Å². The maximum absolute atomic E-state index is 14.1. The molecule has 2 heterocycles. The molecule has 2 atom stereocenters. The van der Waals surface area contributed by atoms with E-state index in [1.807, 2.05) is 31.2 Å². The second-order valence-electron chi connectivity index (χ2n) is 11.8. The van der Waals surface area contributed by atoms with Crippen LogP contribution in [0.1, 0.15) is 71.6 Å². The molecule has 1 unspecified atom stereocenters. The number of benzene rings is 2. The molecule has 2 aromatic rings. The molecule has 2 aliphatic heterocycles. The van der Waals surface area contributed by atoms with E-state index in [2.05, 4.69) is 0 Å². The lowest BCUT2D eigenvalue weighted by Crippen LogP contribution is -2.53. The third-order valence-corrected chi connectivity index (χ3v) is 10.6. The molecule has 40 heavy (non-hydrogen) atoms. The number of carbonyl (C=O) groups excluding carboxylic acids is 2. The first kappa shape index (κ1) is 28.8. The second kappa shape index (κ2) is 11.3. The quantitative estimate of drug-likeness (QED) is 0.497. The highest BCUT2D eigenvalue weighted by molar-refractivity contribution is 7.89. The van der Waals surface area contributed by atoms with Gasteiger partial charge < -0.3 is 14.5 Å². The normalized spacial score (nSPS) is 23.1. The van der Waals surface area contributed by atoms with Gasteiger partial charge >= 0.3 is 0 Å². The summed E-state index contributed by atoms with van der Waals surface area (Å²) >= 11 is 0. The highest BCUT2D eigenvalue weighted by Gasteiger charge is 2.45. The summed E-state index contributed by atoms with van der Waals surface area (Å²) in [7, 11) is -0.591. The van der Waals surface area contributed by atoms with Crippen LogP contribution in [-0.4, -0.2) is 62.9 Å². The van der Waals surface area contributed by atoms with Gasteiger partial charge in [-0.1, -0.05) is 50.3 Å². The first-order valence-electron chi connectivity index (χ1n) is 14.5. The molecule has 216 valence electrons. The van der Waals surface area contributed by atoms with Gasteiger partial charge in [-0.2, -0.15) is 0 Å². The molecule has 5 rings (SSSR count). The molecule has 2 amide bonds. The average Bonchev–Trinajstić information content (AvgIpc) is 3.34. The molecule has 0 bridgehead atoms. The smallest absolute Gasteiger partial charge is 0.256 e. The molecular formula is C31H41N3O5S. The fourth-order valence-corrected chi connectivity index (χ4v) is 7.57. The van der Waals surface area contributed by atoms with Gasteiger partial charge in [0.2, 0.25) is 15.9 Å². The van der Waals surface area contributed by atoms with Crippen molar-refractivity contribution in [1.82, 2.24) is 4.31 Å². The van der Waals surface area contributed by atoms with Gasteiger partial charge in [0, 0.05) is 27.6 Å². The molecule has 0 radical (unpaired) electrons. The van der Waals surface area contributed by atoms with Crippen molar-refractivity contribution in [1.29, 1.82) is 0 Å². The third-order valence-electron chi connectivity index (χ3n) is 8.76. The van der Waals surface area contributed by atoms with Crippen molar-refractivity contribution in [2.45, 2.75) is 94.3 Å². The zero-order chi connectivity index (χ0) is 28.7. The van der Waals surface area contributed by atoms with Gasteiger partial charge in [0.15, 0.2) is 0 Å². The largest absolute Gasteiger partial charge is 0.362 e. The SMILES string of the molecule is CC(=O)N1c2ccc(-c3cccc(S(=O)(=O)N(C)C)c3)cc2N(C(=O)C2CCC3(CCCCCCC3)O2)C[C@@H]1C. The Labute approximate surface area is 238 Å². The molecule has 8 nitrogen and oxygen atoms in total. The summed E-state index contributed by atoms with van der Waals surface area (Å²) in [5, 5.41) is 0. The molecular weight excluding hydrogens is 526 g/mol. The highest BCUT2D eigenvalue weighted by Crippen LogP contribution is 2.44. The molecule has 2 fully saturated rings. The minimum absolute atomic E-state index is 0.0590. The maximum atomic E-state index is 14.1. The van der Waals surface area contributed by atoms with Gasteiger partial charge in [0.1, 0.15) is 6.10 Å². The molecule has 0 aromatic heterocycles. The van der Waals surface area contributed by atoms with Gasteiger partial charge in [-0.15, -0.1) is 0 Å². The van der Waals surface area contributed by atoms with Gasteiger partial charge in [0.25, 0.3) is 5.91 Å². The summed E-state index contributed by atoms with van der Waals surface area (Å²) in [5.74, 6) is -0.144. The Kier molecular flexibility index (Phi) is 8.10. The molecule has 0 N–H and O–H groups in total. The van der Waals surface area contributed by atoms with Gasteiger partial charge in [-0.3, -0.25) is 9.59 Å². The molecule has 1 spiro atoms. The lowest BCUT2D eigenvalue weighted by atomic mass is 9.85. The van der Waals surface area contributed by atoms with Crippen LogP contribution in [0.2, 0.25) is 0 Å². The Bertz CT molecular complexity index is 1380. The van der Waals surface area contributed by atoms with E-state index in [9.17, 15) is 18.0 Å². The van der Waals surface area contributed by atoms with Gasteiger partial charge in [-0.25, -0.2) is 12.7 Å². The van der Waals surface area contributed by atoms with Crippen LogP contribution in [0.25, 0.3) is 11.1 Å². The van der Waals surface area contributed by atoms with E-state index < -0.39 is 16.1 Å². The van der Waals surface area contributed by atoms with E-state index in [1.54, 1.807) is 34.9 Å². The van der Waals surface area contributed by atoms with E-state index in [-0.39, 0.29) is 28.4 Å². The number of hydrogen-bond acceptors (Lipinski definition) is 5. The monoisotopic (exact) mass is 567 g/mol. The van der Waals surface area contributed by atoms with Crippen LogP contribution >= 0.6 is 0 Å². The molecule has 1 saturated carbocycles. The summed E-state index contributed by atoms with van der Waals surface area (Å²) in [5.41, 5.74) is 2.63. The molecule has 1 aliphatic carbocycles. The molecule has 1 saturated heterocycles. The second-order valence-corrected chi connectivity index (χ2v) is 14.0. The number of rotatable bonds is 4. The lowest BCUT2D eigenvalue weighted by molar-refractivity contribution is -0.136. The Morgan fingerprint density at radius 1 is 0.925 bits per heavy atom. The zero-order valence-electron chi connectivity index (χ0n) is 24.1.